The first-order valence-electron chi connectivity index (χ1n) is 7.88. The average molecular weight is 344 g/mol. The second-order valence-electron chi connectivity index (χ2n) is 5.93. The number of hydrogen-bond acceptors (Lipinski definition) is 3. The summed E-state index contributed by atoms with van der Waals surface area (Å²) < 4.78 is 5.36. The maximum Gasteiger partial charge on any atom is 0.341 e. The maximum absolute atomic E-state index is 12.1. The lowest BCUT2D eigenvalue weighted by Gasteiger charge is -2.37. The molecule has 1 saturated heterocycles. The van der Waals surface area contributed by atoms with Crippen LogP contribution in [-0.4, -0.2) is 36.6 Å². The van der Waals surface area contributed by atoms with Crippen LogP contribution < -0.4 is 0 Å². The summed E-state index contributed by atoms with van der Waals surface area (Å²) in [4.78, 5) is 14.5. The van der Waals surface area contributed by atoms with Crippen LogP contribution >= 0.6 is 23.2 Å². The van der Waals surface area contributed by atoms with E-state index >= 15 is 0 Å². The first kappa shape index (κ1) is 17.6. The van der Waals surface area contributed by atoms with E-state index in [0.29, 0.717) is 22.7 Å². The zero-order chi connectivity index (χ0) is 16.1. The Bertz CT molecular complexity index is 501. The summed E-state index contributed by atoms with van der Waals surface area (Å²) in [5.74, 6) is 0.303. The molecule has 0 spiro atoms. The number of hydrogen-bond donors (Lipinski definition) is 0. The zero-order valence-electron chi connectivity index (χ0n) is 13.1. The second kappa shape index (κ2) is 8.19. The molecule has 1 fully saturated rings. The number of carbonyl (C=O) groups is 1. The normalized spacial score (nSPS) is 22.5. The molecule has 3 nitrogen and oxygen atoms in total. The van der Waals surface area contributed by atoms with Crippen LogP contribution in [0.15, 0.2) is 18.2 Å². The first-order valence-corrected chi connectivity index (χ1v) is 8.63. The Labute approximate surface area is 142 Å². The highest BCUT2D eigenvalue weighted by Gasteiger charge is 2.24. The van der Waals surface area contributed by atoms with Crippen LogP contribution in [0.5, 0.6) is 0 Å². The summed E-state index contributed by atoms with van der Waals surface area (Å²) in [6.07, 6.45) is 3.71. The molecule has 5 heteroatoms. The van der Waals surface area contributed by atoms with Crippen LogP contribution in [0, 0.1) is 5.92 Å². The van der Waals surface area contributed by atoms with Crippen molar-refractivity contribution in [2.75, 3.05) is 19.7 Å². The number of piperidine rings is 1. The second-order valence-corrected chi connectivity index (χ2v) is 6.74. The van der Waals surface area contributed by atoms with E-state index in [4.69, 9.17) is 27.9 Å². The SMILES string of the molecule is CCC1CCC(C)N(CCOC(=O)c2c(Cl)cccc2Cl)C1. The molecule has 1 aromatic carbocycles. The molecular formula is C17H23Cl2NO2. The number of carbonyl (C=O) groups excluding carboxylic acids is 1. The van der Waals surface area contributed by atoms with Gasteiger partial charge in [0.2, 0.25) is 0 Å². The van der Waals surface area contributed by atoms with Crippen LogP contribution in [0.2, 0.25) is 10.0 Å². The van der Waals surface area contributed by atoms with Gasteiger partial charge in [-0.05, 0) is 37.8 Å². The lowest BCUT2D eigenvalue weighted by atomic mass is 9.92. The molecule has 2 rings (SSSR count). The number of ether oxygens (including phenoxy) is 1. The smallest absolute Gasteiger partial charge is 0.341 e. The van der Waals surface area contributed by atoms with Gasteiger partial charge in [0.15, 0.2) is 0 Å². The molecule has 22 heavy (non-hydrogen) atoms. The maximum atomic E-state index is 12.1. The van der Waals surface area contributed by atoms with Crippen molar-refractivity contribution in [3.63, 3.8) is 0 Å². The van der Waals surface area contributed by atoms with Crippen LogP contribution in [0.1, 0.15) is 43.5 Å². The van der Waals surface area contributed by atoms with Crippen LogP contribution in [0.3, 0.4) is 0 Å². The van der Waals surface area contributed by atoms with Gasteiger partial charge in [0, 0.05) is 19.1 Å². The fraction of sp³-hybridized carbons (Fsp3) is 0.588. The van der Waals surface area contributed by atoms with Gasteiger partial charge in [-0.3, -0.25) is 4.90 Å². The molecule has 0 aliphatic carbocycles. The molecule has 0 saturated carbocycles. The zero-order valence-corrected chi connectivity index (χ0v) is 14.7. The quantitative estimate of drug-likeness (QED) is 0.728. The highest BCUT2D eigenvalue weighted by Crippen LogP contribution is 2.26. The molecule has 0 N–H and O–H groups in total. The van der Waals surface area contributed by atoms with E-state index in [1.54, 1.807) is 18.2 Å². The van der Waals surface area contributed by atoms with Crippen molar-refractivity contribution in [2.24, 2.45) is 5.92 Å². The van der Waals surface area contributed by atoms with E-state index in [-0.39, 0.29) is 5.56 Å². The molecule has 2 unspecified atom stereocenters. The third-order valence-electron chi connectivity index (χ3n) is 4.46. The number of halogens is 2. The van der Waals surface area contributed by atoms with Gasteiger partial charge in [-0.25, -0.2) is 4.79 Å². The van der Waals surface area contributed by atoms with Crippen molar-refractivity contribution in [3.8, 4) is 0 Å². The van der Waals surface area contributed by atoms with Crippen molar-refractivity contribution < 1.29 is 9.53 Å². The van der Waals surface area contributed by atoms with Gasteiger partial charge in [0.25, 0.3) is 0 Å². The standard InChI is InChI=1S/C17H23Cl2NO2/c1-3-13-8-7-12(2)20(11-13)9-10-22-17(21)16-14(18)5-4-6-15(16)19/h4-6,12-13H,3,7-11H2,1-2H3. The van der Waals surface area contributed by atoms with Crippen molar-refractivity contribution in [1.29, 1.82) is 0 Å². The molecule has 0 aromatic heterocycles. The number of rotatable bonds is 5. The van der Waals surface area contributed by atoms with Gasteiger partial charge in [-0.15, -0.1) is 0 Å². The van der Waals surface area contributed by atoms with E-state index < -0.39 is 5.97 Å². The minimum Gasteiger partial charge on any atom is -0.461 e. The van der Waals surface area contributed by atoms with Gasteiger partial charge >= 0.3 is 5.97 Å². The Morgan fingerprint density at radius 3 is 2.64 bits per heavy atom. The predicted octanol–water partition coefficient (Wildman–Crippen LogP) is 4.66. The van der Waals surface area contributed by atoms with Gasteiger partial charge in [0.05, 0.1) is 15.6 Å². The summed E-state index contributed by atoms with van der Waals surface area (Å²) in [6.45, 7) is 6.67. The molecule has 0 bridgehead atoms. The summed E-state index contributed by atoms with van der Waals surface area (Å²) in [5, 5.41) is 0.657. The monoisotopic (exact) mass is 343 g/mol. The Morgan fingerprint density at radius 1 is 1.32 bits per heavy atom. The highest BCUT2D eigenvalue weighted by molar-refractivity contribution is 6.39. The summed E-state index contributed by atoms with van der Waals surface area (Å²) >= 11 is 12.0. The molecule has 1 heterocycles. The number of likely N-dealkylation sites (tertiary alicyclic amines) is 1. The molecular weight excluding hydrogens is 321 g/mol. The largest absolute Gasteiger partial charge is 0.461 e. The van der Waals surface area contributed by atoms with E-state index in [0.717, 1.165) is 19.0 Å². The molecule has 0 radical (unpaired) electrons. The minimum atomic E-state index is -0.452. The lowest BCUT2D eigenvalue weighted by Crippen LogP contribution is -2.43. The van der Waals surface area contributed by atoms with Gasteiger partial charge in [-0.1, -0.05) is 42.6 Å². The van der Waals surface area contributed by atoms with E-state index in [1.807, 2.05) is 0 Å². The first-order chi connectivity index (χ1) is 10.5. The van der Waals surface area contributed by atoms with Crippen molar-refractivity contribution >= 4 is 29.2 Å². The molecule has 1 aliphatic heterocycles. The van der Waals surface area contributed by atoms with Crippen LogP contribution in [-0.2, 0) is 4.74 Å². The van der Waals surface area contributed by atoms with E-state index in [2.05, 4.69) is 18.7 Å². The van der Waals surface area contributed by atoms with Crippen LogP contribution in [0.25, 0.3) is 0 Å². The molecule has 0 amide bonds. The molecule has 1 aromatic rings. The lowest BCUT2D eigenvalue weighted by molar-refractivity contribution is 0.0376. The fourth-order valence-corrected chi connectivity index (χ4v) is 3.48. The Morgan fingerprint density at radius 2 is 2.00 bits per heavy atom. The van der Waals surface area contributed by atoms with Crippen LogP contribution in [0.4, 0.5) is 0 Å². The van der Waals surface area contributed by atoms with Crippen molar-refractivity contribution in [1.82, 2.24) is 4.90 Å². The summed E-state index contributed by atoms with van der Waals surface area (Å²) in [6, 6.07) is 5.54. The Balaban J connectivity index is 1.86. The topological polar surface area (TPSA) is 29.5 Å². The van der Waals surface area contributed by atoms with E-state index in [1.165, 1.54) is 19.3 Å². The molecule has 2 atom stereocenters. The minimum absolute atomic E-state index is 0.254. The third-order valence-corrected chi connectivity index (χ3v) is 5.09. The van der Waals surface area contributed by atoms with Gasteiger partial charge in [-0.2, -0.15) is 0 Å². The number of esters is 1. The van der Waals surface area contributed by atoms with Crippen molar-refractivity contribution in [2.45, 2.75) is 39.2 Å². The summed E-state index contributed by atoms with van der Waals surface area (Å²) in [5.41, 5.74) is 0.254. The summed E-state index contributed by atoms with van der Waals surface area (Å²) in [7, 11) is 0. The fourth-order valence-electron chi connectivity index (χ4n) is 2.93. The van der Waals surface area contributed by atoms with Crippen molar-refractivity contribution in [3.05, 3.63) is 33.8 Å². The number of benzene rings is 1. The van der Waals surface area contributed by atoms with Gasteiger partial charge in [0.1, 0.15) is 6.61 Å². The predicted molar refractivity (Wildman–Crippen MR) is 90.8 cm³/mol. The number of nitrogens with zero attached hydrogens (tertiary/aromatic N) is 1. The Hall–Kier alpha value is -0.770. The highest BCUT2D eigenvalue weighted by atomic mass is 35.5. The molecule has 122 valence electrons. The average Bonchev–Trinajstić information content (AvgIpc) is 2.49. The Kier molecular flexibility index (Phi) is 6.54. The van der Waals surface area contributed by atoms with E-state index in [9.17, 15) is 4.79 Å². The molecule has 1 aliphatic rings. The third kappa shape index (κ3) is 4.37. The van der Waals surface area contributed by atoms with Gasteiger partial charge < -0.3 is 4.74 Å².